The Morgan fingerprint density at radius 2 is 2.23 bits per heavy atom. The molecule has 1 aliphatic heterocycles. The number of fused-ring (bicyclic) bond motifs is 1. The molecule has 0 spiro atoms. The highest BCUT2D eigenvalue weighted by molar-refractivity contribution is 7.13. The van der Waals surface area contributed by atoms with Crippen LogP contribution in [0, 0.1) is 6.92 Å². The first-order valence-corrected chi connectivity index (χ1v) is 7.91. The van der Waals surface area contributed by atoms with Crippen molar-refractivity contribution in [3.8, 4) is 5.75 Å². The lowest BCUT2D eigenvalue weighted by Crippen LogP contribution is -2.24. The molecule has 0 bridgehead atoms. The van der Waals surface area contributed by atoms with Crippen molar-refractivity contribution in [1.29, 1.82) is 0 Å². The SMILES string of the molecule is COc1ccc2c(c1CNC(=O)c1ccc(C)s1)N(C)CN2. The molecule has 0 unspecified atom stereocenters. The van der Waals surface area contributed by atoms with E-state index in [1.165, 1.54) is 11.3 Å². The molecule has 2 heterocycles. The maximum absolute atomic E-state index is 12.2. The number of carbonyl (C=O) groups is 1. The Kier molecular flexibility index (Phi) is 3.94. The highest BCUT2D eigenvalue weighted by Gasteiger charge is 2.22. The van der Waals surface area contributed by atoms with Crippen LogP contribution in [-0.2, 0) is 6.54 Å². The van der Waals surface area contributed by atoms with Crippen LogP contribution < -0.4 is 20.3 Å². The lowest BCUT2D eigenvalue weighted by atomic mass is 10.1. The Bertz CT molecular complexity index is 711. The Morgan fingerprint density at radius 1 is 1.41 bits per heavy atom. The van der Waals surface area contributed by atoms with Crippen molar-refractivity contribution in [2.24, 2.45) is 0 Å². The first kappa shape index (κ1) is 14.7. The number of anilines is 2. The fourth-order valence-corrected chi connectivity index (χ4v) is 3.44. The molecule has 0 atom stereocenters. The molecular weight excluding hydrogens is 298 g/mol. The van der Waals surface area contributed by atoms with Crippen LogP contribution in [0.4, 0.5) is 11.4 Å². The van der Waals surface area contributed by atoms with Gasteiger partial charge in [-0.3, -0.25) is 4.79 Å². The molecule has 2 aromatic rings. The molecule has 0 fully saturated rings. The Morgan fingerprint density at radius 3 is 2.91 bits per heavy atom. The number of ether oxygens (including phenoxy) is 1. The van der Waals surface area contributed by atoms with E-state index in [4.69, 9.17) is 4.74 Å². The summed E-state index contributed by atoms with van der Waals surface area (Å²) in [7, 11) is 3.67. The predicted molar refractivity (Wildman–Crippen MR) is 90.1 cm³/mol. The van der Waals surface area contributed by atoms with E-state index in [0.717, 1.165) is 39.1 Å². The maximum atomic E-state index is 12.2. The summed E-state index contributed by atoms with van der Waals surface area (Å²) in [5.41, 5.74) is 3.15. The molecule has 0 radical (unpaired) electrons. The van der Waals surface area contributed by atoms with Crippen molar-refractivity contribution in [3.05, 3.63) is 39.6 Å². The number of aryl methyl sites for hydroxylation is 1. The molecule has 0 saturated carbocycles. The van der Waals surface area contributed by atoms with Crippen molar-refractivity contribution in [2.75, 3.05) is 31.0 Å². The van der Waals surface area contributed by atoms with Gasteiger partial charge in [-0.1, -0.05) is 0 Å². The third-order valence-corrected chi connectivity index (χ3v) is 4.74. The van der Waals surface area contributed by atoms with E-state index < -0.39 is 0 Å². The Balaban J connectivity index is 1.83. The molecule has 1 aliphatic rings. The van der Waals surface area contributed by atoms with Gasteiger partial charge in [-0.2, -0.15) is 0 Å². The third kappa shape index (κ3) is 2.62. The highest BCUT2D eigenvalue weighted by Crippen LogP contribution is 2.39. The van der Waals surface area contributed by atoms with E-state index in [-0.39, 0.29) is 5.91 Å². The molecule has 3 rings (SSSR count). The highest BCUT2D eigenvalue weighted by atomic mass is 32.1. The van der Waals surface area contributed by atoms with Crippen LogP contribution in [0.15, 0.2) is 24.3 Å². The van der Waals surface area contributed by atoms with Gasteiger partial charge in [-0.15, -0.1) is 11.3 Å². The number of methoxy groups -OCH3 is 1. The number of amides is 1. The minimum atomic E-state index is -0.0497. The number of nitrogens with one attached hydrogen (secondary N) is 2. The van der Waals surface area contributed by atoms with Crippen LogP contribution in [-0.4, -0.2) is 26.7 Å². The zero-order valence-corrected chi connectivity index (χ0v) is 13.7. The Hall–Kier alpha value is -2.21. The van der Waals surface area contributed by atoms with Crippen molar-refractivity contribution in [1.82, 2.24) is 5.32 Å². The first-order valence-electron chi connectivity index (χ1n) is 7.09. The van der Waals surface area contributed by atoms with Crippen molar-refractivity contribution < 1.29 is 9.53 Å². The van der Waals surface area contributed by atoms with E-state index in [9.17, 15) is 4.79 Å². The predicted octanol–water partition coefficient (Wildman–Crippen LogP) is 2.81. The number of rotatable bonds is 4. The fraction of sp³-hybridized carbons (Fsp3) is 0.312. The number of hydrogen-bond donors (Lipinski definition) is 2. The normalized spacial score (nSPS) is 12.8. The van der Waals surface area contributed by atoms with Crippen LogP contribution in [0.2, 0.25) is 0 Å². The summed E-state index contributed by atoms with van der Waals surface area (Å²) >= 11 is 1.50. The number of carbonyl (C=O) groups excluding carboxylic acids is 1. The van der Waals surface area contributed by atoms with E-state index in [1.807, 2.05) is 38.2 Å². The second kappa shape index (κ2) is 5.88. The number of thiophene rings is 1. The summed E-state index contributed by atoms with van der Waals surface area (Å²) < 4.78 is 5.46. The number of nitrogens with zero attached hydrogens (tertiary/aromatic N) is 1. The first-order chi connectivity index (χ1) is 10.6. The van der Waals surface area contributed by atoms with Gasteiger partial charge >= 0.3 is 0 Å². The van der Waals surface area contributed by atoms with E-state index in [2.05, 4.69) is 15.5 Å². The molecule has 0 saturated heterocycles. The standard InChI is InChI=1S/C16H19N3O2S/c1-10-4-7-14(22-10)16(20)17-8-11-13(21-3)6-5-12-15(11)19(2)9-18-12/h4-7,18H,8-9H2,1-3H3,(H,17,20). The van der Waals surface area contributed by atoms with Gasteiger partial charge in [-0.25, -0.2) is 0 Å². The van der Waals surface area contributed by atoms with Gasteiger partial charge in [0.05, 0.1) is 30.0 Å². The summed E-state index contributed by atoms with van der Waals surface area (Å²) in [5.74, 6) is 0.739. The third-order valence-electron chi connectivity index (χ3n) is 3.74. The lowest BCUT2D eigenvalue weighted by molar-refractivity contribution is 0.0955. The van der Waals surface area contributed by atoms with Gasteiger partial charge in [0.15, 0.2) is 0 Å². The van der Waals surface area contributed by atoms with Crippen LogP contribution in [0.1, 0.15) is 20.1 Å². The molecule has 1 aromatic carbocycles. The van der Waals surface area contributed by atoms with Gasteiger partial charge in [0.25, 0.3) is 5.91 Å². The second-order valence-corrected chi connectivity index (χ2v) is 6.56. The summed E-state index contributed by atoms with van der Waals surface area (Å²) in [6.45, 7) is 3.19. The summed E-state index contributed by atoms with van der Waals surface area (Å²) in [6.07, 6.45) is 0. The van der Waals surface area contributed by atoms with Crippen LogP contribution in [0.5, 0.6) is 5.75 Å². The largest absolute Gasteiger partial charge is 0.496 e. The zero-order valence-electron chi connectivity index (χ0n) is 12.9. The summed E-state index contributed by atoms with van der Waals surface area (Å²) in [4.78, 5) is 16.2. The van der Waals surface area contributed by atoms with E-state index in [1.54, 1.807) is 7.11 Å². The molecule has 116 valence electrons. The quantitative estimate of drug-likeness (QED) is 0.910. The fourth-order valence-electron chi connectivity index (χ4n) is 2.65. The summed E-state index contributed by atoms with van der Waals surface area (Å²) in [5, 5.41) is 6.31. The van der Waals surface area contributed by atoms with E-state index in [0.29, 0.717) is 6.54 Å². The van der Waals surface area contributed by atoms with E-state index >= 15 is 0 Å². The molecule has 1 amide bonds. The average molecular weight is 317 g/mol. The minimum Gasteiger partial charge on any atom is -0.496 e. The van der Waals surface area contributed by atoms with Gasteiger partial charge in [0, 0.05) is 24.0 Å². The van der Waals surface area contributed by atoms with Crippen molar-refractivity contribution in [2.45, 2.75) is 13.5 Å². The van der Waals surface area contributed by atoms with Gasteiger partial charge in [0.2, 0.25) is 0 Å². The molecule has 6 heteroatoms. The van der Waals surface area contributed by atoms with Crippen LogP contribution in [0.25, 0.3) is 0 Å². The molecule has 1 aromatic heterocycles. The van der Waals surface area contributed by atoms with Crippen molar-refractivity contribution in [3.63, 3.8) is 0 Å². The minimum absolute atomic E-state index is 0.0497. The number of hydrogen-bond acceptors (Lipinski definition) is 5. The Labute approximate surface area is 133 Å². The van der Waals surface area contributed by atoms with Gasteiger partial charge < -0.3 is 20.3 Å². The molecule has 2 N–H and O–H groups in total. The average Bonchev–Trinajstić information content (AvgIpc) is 3.11. The molecule has 5 nitrogen and oxygen atoms in total. The monoisotopic (exact) mass is 317 g/mol. The van der Waals surface area contributed by atoms with Gasteiger partial charge in [-0.05, 0) is 31.2 Å². The smallest absolute Gasteiger partial charge is 0.261 e. The molecule has 22 heavy (non-hydrogen) atoms. The molecular formula is C16H19N3O2S. The topological polar surface area (TPSA) is 53.6 Å². The number of benzene rings is 1. The van der Waals surface area contributed by atoms with Gasteiger partial charge in [0.1, 0.15) is 5.75 Å². The lowest BCUT2D eigenvalue weighted by Gasteiger charge is -2.18. The second-order valence-electron chi connectivity index (χ2n) is 5.27. The summed E-state index contributed by atoms with van der Waals surface area (Å²) in [6, 6.07) is 7.75. The zero-order chi connectivity index (χ0) is 15.7. The van der Waals surface area contributed by atoms with Crippen LogP contribution >= 0.6 is 11.3 Å². The van der Waals surface area contributed by atoms with Crippen LogP contribution in [0.3, 0.4) is 0 Å². The maximum Gasteiger partial charge on any atom is 0.261 e. The molecule has 0 aliphatic carbocycles. The van der Waals surface area contributed by atoms with Crippen molar-refractivity contribution >= 4 is 28.6 Å².